The molecule has 0 bridgehead atoms. The van der Waals surface area contributed by atoms with Crippen LogP contribution in [0, 0.1) is 18.7 Å². The highest BCUT2D eigenvalue weighted by Crippen LogP contribution is 2.30. The van der Waals surface area contributed by atoms with Gasteiger partial charge in [-0.05, 0) is 55.9 Å². The minimum Gasteiger partial charge on any atom is -0.495 e. The van der Waals surface area contributed by atoms with Crippen molar-refractivity contribution in [3.05, 3.63) is 59.0 Å². The number of Topliss-reactive ketones (excluding diaryl/α,β-unsaturated/α-hetero) is 1. The van der Waals surface area contributed by atoms with E-state index in [0.29, 0.717) is 54.5 Å². The van der Waals surface area contributed by atoms with Crippen LogP contribution >= 0.6 is 0 Å². The van der Waals surface area contributed by atoms with E-state index in [2.05, 4.69) is 12.2 Å². The largest absolute Gasteiger partial charge is 0.495 e. The number of carbonyl (C=O) groups excluding carboxylic acids is 2. The highest BCUT2D eigenvalue weighted by Gasteiger charge is 2.19. The molecule has 0 aliphatic carbocycles. The maximum absolute atomic E-state index is 13.8. The molecule has 7 nitrogen and oxygen atoms in total. The van der Waals surface area contributed by atoms with E-state index in [0.717, 1.165) is 36.6 Å². The Morgan fingerprint density at radius 2 is 1.97 bits per heavy atom. The van der Waals surface area contributed by atoms with E-state index >= 15 is 0 Å². The van der Waals surface area contributed by atoms with Crippen LogP contribution in [-0.2, 0) is 11.3 Å². The second-order valence-electron chi connectivity index (χ2n) is 9.11. The molecule has 0 saturated heterocycles. The molecule has 1 atom stereocenters. The number of rotatable bonds is 14. The molecule has 8 heteroatoms. The fourth-order valence-corrected chi connectivity index (χ4v) is 4.43. The average molecular weight is 498 g/mol. The summed E-state index contributed by atoms with van der Waals surface area (Å²) < 4.78 is 26.3. The number of amides is 1. The molecule has 1 heterocycles. The van der Waals surface area contributed by atoms with Crippen LogP contribution in [0.1, 0.15) is 65.3 Å². The molecule has 1 unspecified atom stereocenters. The molecular weight excluding hydrogens is 461 g/mol. The van der Waals surface area contributed by atoms with Crippen LogP contribution in [0.25, 0.3) is 10.9 Å². The molecule has 36 heavy (non-hydrogen) atoms. The number of carbonyl (C=O) groups is 2. The van der Waals surface area contributed by atoms with Crippen LogP contribution in [-0.4, -0.2) is 48.8 Å². The van der Waals surface area contributed by atoms with Gasteiger partial charge in [0, 0.05) is 38.4 Å². The van der Waals surface area contributed by atoms with Crippen molar-refractivity contribution >= 4 is 22.6 Å². The molecule has 2 aromatic carbocycles. The second kappa shape index (κ2) is 13.2. The van der Waals surface area contributed by atoms with Gasteiger partial charge in [0.15, 0.2) is 5.78 Å². The Hall–Kier alpha value is -3.26. The van der Waals surface area contributed by atoms with Gasteiger partial charge in [-0.1, -0.05) is 25.5 Å². The third-order valence-corrected chi connectivity index (χ3v) is 6.38. The van der Waals surface area contributed by atoms with Crippen LogP contribution in [0.2, 0.25) is 0 Å². The summed E-state index contributed by atoms with van der Waals surface area (Å²) in [7, 11) is 3.14. The summed E-state index contributed by atoms with van der Waals surface area (Å²) in [5.74, 6) is 0.239. The van der Waals surface area contributed by atoms with Gasteiger partial charge in [0.2, 0.25) is 0 Å². The number of fused-ring (bicyclic) bond motifs is 1. The number of aryl methyl sites for hydroxylation is 1. The number of ketones is 1. The van der Waals surface area contributed by atoms with Crippen LogP contribution in [0.15, 0.2) is 36.5 Å². The van der Waals surface area contributed by atoms with Gasteiger partial charge in [0.05, 0.1) is 30.2 Å². The Bertz CT molecular complexity index is 1190. The fraction of sp³-hybridized carbons (Fsp3) is 0.464. The predicted octanol–water partition coefficient (Wildman–Crippen LogP) is 5.34. The first-order valence-electron chi connectivity index (χ1n) is 12.5. The van der Waals surface area contributed by atoms with Crippen LogP contribution in [0.3, 0.4) is 0 Å². The lowest BCUT2D eigenvalue weighted by Crippen LogP contribution is -2.27. The standard InChI is InChI=1S/C28H36FN3O4/c1-5-7-20(8-6-9-26(33)21-11-10-19(2)24(29)16-21)17-32-18-23-25(31-32)13-12-22(27(23)36-4)28(34)30-14-15-35-3/h10-13,16,18,20H,5-9,14-15,17H2,1-4H3,(H,30,34). The predicted molar refractivity (Wildman–Crippen MR) is 138 cm³/mol. The van der Waals surface area contributed by atoms with Gasteiger partial charge >= 0.3 is 0 Å². The molecule has 0 spiro atoms. The normalized spacial score (nSPS) is 12.0. The van der Waals surface area contributed by atoms with Crippen molar-refractivity contribution in [3.8, 4) is 5.75 Å². The highest BCUT2D eigenvalue weighted by atomic mass is 19.1. The lowest BCUT2D eigenvalue weighted by molar-refractivity contribution is 0.0933. The van der Waals surface area contributed by atoms with E-state index in [1.54, 1.807) is 39.3 Å². The molecular formula is C28H36FN3O4. The summed E-state index contributed by atoms with van der Waals surface area (Å²) in [4.78, 5) is 25.1. The summed E-state index contributed by atoms with van der Waals surface area (Å²) in [6.45, 7) is 5.38. The van der Waals surface area contributed by atoms with Crippen LogP contribution < -0.4 is 10.1 Å². The second-order valence-corrected chi connectivity index (χ2v) is 9.11. The Morgan fingerprint density at radius 3 is 2.67 bits per heavy atom. The van der Waals surface area contributed by atoms with Gasteiger partial charge in [0.25, 0.3) is 5.91 Å². The molecule has 3 aromatic rings. The highest BCUT2D eigenvalue weighted by molar-refractivity contribution is 6.03. The topological polar surface area (TPSA) is 82.5 Å². The van der Waals surface area contributed by atoms with Crippen molar-refractivity contribution in [2.75, 3.05) is 27.4 Å². The van der Waals surface area contributed by atoms with Crippen molar-refractivity contribution in [2.45, 2.75) is 52.5 Å². The zero-order valence-corrected chi connectivity index (χ0v) is 21.6. The molecule has 0 aliphatic rings. The van der Waals surface area contributed by atoms with Crippen molar-refractivity contribution in [1.29, 1.82) is 0 Å². The molecule has 0 radical (unpaired) electrons. The number of benzene rings is 2. The maximum atomic E-state index is 13.8. The molecule has 1 N–H and O–H groups in total. The summed E-state index contributed by atoms with van der Waals surface area (Å²) in [6.07, 6.45) is 5.94. The first-order valence-corrected chi connectivity index (χ1v) is 12.5. The van der Waals surface area contributed by atoms with E-state index in [4.69, 9.17) is 14.6 Å². The lowest BCUT2D eigenvalue weighted by atomic mass is 9.95. The van der Waals surface area contributed by atoms with Gasteiger partial charge in [-0.15, -0.1) is 0 Å². The minimum atomic E-state index is -0.346. The van der Waals surface area contributed by atoms with Crippen molar-refractivity contribution in [3.63, 3.8) is 0 Å². The van der Waals surface area contributed by atoms with E-state index < -0.39 is 0 Å². The summed E-state index contributed by atoms with van der Waals surface area (Å²) >= 11 is 0. The maximum Gasteiger partial charge on any atom is 0.255 e. The molecule has 3 rings (SSSR count). The summed E-state index contributed by atoms with van der Waals surface area (Å²) in [5, 5.41) is 8.31. The number of ether oxygens (including phenoxy) is 2. The summed E-state index contributed by atoms with van der Waals surface area (Å²) in [5.41, 5.74) is 2.18. The molecule has 0 fully saturated rings. The number of nitrogens with zero attached hydrogens (tertiary/aromatic N) is 2. The van der Waals surface area contributed by atoms with Gasteiger partial charge in [-0.3, -0.25) is 14.3 Å². The van der Waals surface area contributed by atoms with Gasteiger partial charge < -0.3 is 14.8 Å². The average Bonchev–Trinajstić information content (AvgIpc) is 3.27. The minimum absolute atomic E-state index is 0.0324. The van der Waals surface area contributed by atoms with Crippen molar-refractivity contribution < 1.29 is 23.5 Å². The third kappa shape index (κ3) is 6.91. The van der Waals surface area contributed by atoms with Crippen molar-refractivity contribution in [1.82, 2.24) is 15.1 Å². The lowest BCUT2D eigenvalue weighted by Gasteiger charge is -2.16. The fourth-order valence-electron chi connectivity index (χ4n) is 4.43. The Kier molecular flexibility index (Phi) is 9.99. The third-order valence-electron chi connectivity index (χ3n) is 6.38. The van der Waals surface area contributed by atoms with E-state index in [9.17, 15) is 14.0 Å². The van der Waals surface area contributed by atoms with E-state index in [-0.39, 0.29) is 17.5 Å². The van der Waals surface area contributed by atoms with Crippen LogP contribution in [0.5, 0.6) is 5.75 Å². The Labute approximate surface area is 212 Å². The Balaban J connectivity index is 1.67. The number of hydrogen-bond acceptors (Lipinski definition) is 5. The first kappa shape index (κ1) is 27.3. The van der Waals surface area contributed by atoms with Crippen LogP contribution in [0.4, 0.5) is 4.39 Å². The summed E-state index contributed by atoms with van der Waals surface area (Å²) in [6, 6.07) is 8.22. The monoisotopic (exact) mass is 497 g/mol. The number of halogens is 1. The molecule has 194 valence electrons. The molecule has 0 saturated carbocycles. The number of aromatic nitrogens is 2. The molecule has 0 aliphatic heterocycles. The zero-order valence-electron chi connectivity index (χ0n) is 21.6. The van der Waals surface area contributed by atoms with Gasteiger partial charge in [-0.2, -0.15) is 5.10 Å². The van der Waals surface area contributed by atoms with E-state index in [1.807, 2.05) is 16.9 Å². The molecule has 1 amide bonds. The molecule has 1 aromatic heterocycles. The van der Waals surface area contributed by atoms with Gasteiger partial charge in [-0.25, -0.2) is 4.39 Å². The van der Waals surface area contributed by atoms with Crippen molar-refractivity contribution in [2.24, 2.45) is 5.92 Å². The van der Waals surface area contributed by atoms with E-state index in [1.165, 1.54) is 6.07 Å². The smallest absolute Gasteiger partial charge is 0.255 e. The van der Waals surface area contributed by atoms with Gasteiger partial charge in [0.1, 0.15) is 11.6 Å². The number of methoxy groups -OCH3 is 2. The zero-order chi connectivity index (χ0) is 26.1. The SMILES string of the molecule is CCCC(CCCC(=O)c1ccc(C)c(F)c1)Cn1cc2c(OC)c(C(=O)NCCOC)ccc2n1. The Morgan fingerprint density at radius 1 is 1.17 bits per heavy atom. The number of hydrogen-bond donors (Lipinski definition) is 1. The quantitative estimate of drug-likeness (QED) is 0.240. The first-order chi connectivity index (χ1) is 17.4. The number of nitrogens with one attached hydrogen (secondary N) is 1.